The van der Waals surface area contributed by atoms with E-state index >= 15 is 0 Å². The summed E-state index contributed by atoms with van der Waals surface area (Å²) in [5.41, 5.74) is 2.43. The van der Waals surface area contributed by atoms with Crippen LogP contribution < -0.4 is 15.0 Å². The Balaban J connectivity index is 1.56. The SMILES string of the molecule is CCOc1cc(C=Nn2c(-c3ccccc3)nc3ccccc3c2=O)c(Br)c(Cl)c1OCc1ccc(Cl)c(Cl)c1. The molecule has 10 heteroatoms. The summed E-state index contributed by atoms with van der Waals surface area (Å²) in [6.45, 7) is 2.43. The predicted octanol–water partition coefficient (Wildman–Crippen LogP) is 8.65. The van der Waals surface area contributed by atoms with Crippen LogP contribution in [0, 0.1) is 0 Å². The van der Waals surface area contributed by atoms with Gasteiger partial charge in [-0.1, -0.05) is 83.3 Å². The van der Waals surface area contributed by atoms with E-state index in [1.807, 2.05) is 49.4 Å². The molecular formula is C30H21BrCl3N3O3. The highest BCUT2D eigenvalue weighted by Gasteiger charge is 2.19. The fourth-order valence-electron chi connectivity index (χ4n) is 4.01. The fraction of sp³-hybridized carbons (Fsp3) is 0.100. The molecule has 0 atom stereocenters. The molecule has 0 aliphatic carbocycles. The van der Waals surface area contributed by atoms with Crippen molar-refractivity contribution in [3.05, 3.63) is 120 Å². The van der Waals surface area contributed by atoms with Crippen LogP contribution in [0.25, 0.3) is 22.3 Å². The van der Waals surface area contributed by atoms with Gasteiger partial charge in [0.2, 0.25) is 0 Å². The highest BCUT2D eigenvalue weighted by molar-refractivity contribution is 9.10. The zero-order valence-electron chi connectivity index (χ0n) is 21.1. The first-order valence-electron chi connectivity index (χ1n) is 12.2. The zero-order chi connectivity index (χ0) is 28.2. The van der Waals surface area contributed by atoms with Crippen LogP contribution in [0.2, 0.25) is 15.1 Å². The van der Waals surface area contributed by atoms with Gasteiger partial charge in [0, 0.05) is 15.6 Å². The maximum absolute atomic E-state index is 13.5. The average Bonchev–Trinajstić information content (AvgIpc) is 2.97. The highest BCUT2D eigenvalue weighted by Crippen LogP contribution is 2.43. The number of aromatic nitrogens is 2. The van der Waals surface area contributed by atoms with E-state index in [0.717, 1.165) is 11.1 Å². The van der Waals surface area contributed by atoms with Crippen LogP contribution >= 0.6 is 50.7 Å². The smallest absolute Gasteiger partial charge is 0.282 e. The average molecular weight is 658 g/mol. The first-order chi connectivity index (χ1) is 19.4. The molecule has 0 radical (unpaired) electrons. The molecule has 0 unspecified atom stereocenters. The van der Waals surface area contributed by atoms with Gasteiger partial charge in [0.15, 0.2) is 17.3 Å². The zero-order valence-corrected chi connectivity index (χ0v) is 24.9. The van der Waals surface area contributed by atoms with Gasteiger partial charge in [0.1, 0.15) is 11.6 Å². The minimum atomic E-state index is -0.297. The summed E-state index contributed by atoms with van der Waals surface area (Å²) in [5.74, 6) is 1.19. The summed E-state index contributed by atoms with van der Waals surface area (Å²) < 4.78 is 13.7. The van der Waals surface area contributed by atoms with Crippen molar-refractivity contribution in [2.45, 2.75) is 13.5 Å². The molecule has 0 spiro atoms. The van der Waals surface area contributed by atoms with E-state index in [-0.39, 0.29) is 12.2 Å². The van der Waals surface area contributed by atoms with Gasteiger partial charge in [-0.25, -0.2) is 4.98 Å². The Morgan fingerprint density at radius 3 is 2.45 bits per heavy atom. The molecule has 5 aromatic rings. The normalized spacial score (nSPS) is 11.3. The molecule has 0 bridgehead atoms. The molecular weight excluding hydrogens is 637 g/mol. The fourth-order valence-corrected chi connectivity index (χ4v) is 4.98. The second kappa shape index (κ2) is 12.4. The number of halogens is 4. The van der Waals surface area contributed by atoms with Crippen molar-refractivity contribution in [2.24, 2.45) is 5.10 Å². The first kappa shape index (κ1) is 28.2. The minimum Gasteiger partial charge on any atom is -0.490 e. The topological polar surface area (TPSA) is 65.7 Å². The summed E-state index contributed by atoms with van der Waals surface area (Å²) in [5, 5.41) is 6.19. The van der Waals surface area contributed by atoms with E-state index in [4.69, 9.17) is 49.3 Å². The number of ether oxygens (including phenoxy) is 2. The summed E-state index contributed by atoms with van der Waals surface area (Å²) in [4.78, 5) is 18.2. The lowest BCUT2D eigenvalue weighted by Crippen LogP contribution is -2.20. The van der Waals surface area contributed by atoms with E-state index in [9.17, 15) is 4.79 Å². The number of fused-ring (bicyclic) bond motifs is 1. The highest BCUT2D eigenvalue weighted by atomic mass is 79.9. The van der Waals surface area contributed by atoms with Gasteiger partial charge in [-0.2, -0.15) is 9.78 Å². The molecule has 0 saturated carbocycles. The summed E-state index contributed by atoms with van der Waals surface area (Å²) in [6, 6.07) is 23.6. The van der Waals surface area contributed by atoms with Gasteiger partial charge >= 0.3 is 0 Å². The van der Waals surface area contributed by atoms with Crippen molar-refractivity contribution in [1.82, 2.24) is 9.66 Å². The van der Waals surface area contributed by atoms with Crippen molar-refractivity contribution in [3.63, 3.8) is 0 Å². The molecule has 0 aliphatic rings. The lowest BCUT2D eigenvalue weighted by atomic mass is 10.2. The molecule has 202 valence electrons. The number of rotatable bonds is 8. The monoisotopic (exact) mass is 655 g/mol. The van der Waals surface area contributed by atoms with Crippen LogP contribution in [0.3, 0.4) is 0 Å². The number of hydrogen-bond acceptors (Lipinski definition) is 5. The number of para-hydroxylation sites is 1. The Labute approximate surface area is 253 Å². The van der Waals surface area contributed by atoms with Crippen LogP contribution in [-0.4, -0.2) is 22.5 Å². The maximum atomic E-state index is 13.5. The molecule has 0 aliphatic heterocycles. The van der Waals surface area contributed by atoms with Crippen LogP contribution in [0.1, 0.15) is 18.1 Å². The molecule has 1 heterocycles. The summed E-state index contributed by atoms with van der Waals surface area (Å²) >= 11 is 22.5. The van der Waals surface area contributed by atoms with Crippen molar-refractivity contribution in [1.29, 1.82) is 0 Å². The van der Waals surface area contributed by atoms with E-state index in [1.54, 1.807) is 36.4 Å². The summed E-state index contributed by atoms with van der Waals surface area (Å²) in [6.07, 6.45) is 1.53. The van der Waals surface area contributed by atoms with Crippen LogP contribution in [-0.2, 0) is 6.61 Å². The minimum absolute atomic E-state index is 0.190. The van der Waals surface area contributed by atoms with Crippen molar-refractivity contribution in [3.8, 4) is 22.9 Å². The van der Waals surface area contributed by atoms with Crippen LogP contribution in [0.4, 0.5) is 0 Å². The summed E-state index contributed by atoms with van der Waals surface area (Å²) in [7, 11) is 0. The van der Waals surface area contributed by atoms with Gasteiger partial charge in [-0.3, -0.25) is 4.79 Å². The van der Waals surface area contributed by atoms with Crippen LogP contribution in [0.15, 0.2) is 93.2 Å². The third-order valence-electron chi connectivity index (χ3n) is 5.92. The van der Waals surface area contributed by atoms with Gasteiger partial charge in [-0.05, 0) is 58.7 Å². The second-order valence-corrected chi connectivity index (χ2v) is 10.6. The molecule has 0 saturated heterocycles. The molecule has 0 fully saturated rings. The Morgan fingerprint density at radius 2 is 1.70 bits per heavy atom. The lowest BCUT2D eigenvalue weighted by molar-refractivity contribution is 0.269. The Hall–Kier alpha value is -3.36. The largest absolute Gasteiger partial charge is 0.490 e. The number of hydrogen-bond donors (Lipinski definition) is 0. The Morgan fingerprint density at radius 1 is 0.950 bits per heavy atom. The standard InChI is InChI=1S/C30H21BrCl3N3O3/c1-2-39-25-15-20(26(31)27(34)28(25)40-17-18-12-13-22(32)23(33)14-18)16-35-37-29(19-8-4-3-5-9-19)36-24-11-7-6-10-21(24)30(37)38/h3-16H,2,17H2,1H3. The molecule has 1 aromatic heterocycles. The van der Waals surface area contributed by atoms with E-state index in [2.05, 4.69) is 21.0 Å². The van der Waals surface area contributed by atoms with Gasteiger partial charge in [-0.15, -0.1) is 0 Å². The molecule has 0 amide bonds. The van der Waals surface area contributed by atoms with E-state index < -0.39 is 0 Å². The van der Waals surface area contributed by atoms with Gasteiger partial charge < -0.3 is 9.47 Å². The molecule has 0 N–H and O–H groups in total. The molecule has 5 rings (SSSR count). The van der Waals surface area contributed by atoms with Crippen molar-refractivity contribution >= 4 is 67.9 Å². The van der Waals surface area contributed by atoms with E-state index in [1.165, 1.54) is 10.9 Å². The molecule has 40 heavy (non-hydrogen) atoms. The molecule has 4 aromatic carbocycles. The van der Waals surface area contributed by atoms with Crippen molar-refractivity contribution in [2.75, 3.05) is 6.61 Å². The number of nitrogens with zero attached hydrogens (tertiary/aromatic N) is 3. The quantitative estimate of drug-likeness (QED) is 0.157. The third kappa shape index (κ3) is 5.88. The van der Waals surface area contributed by atoms with E-state index in [0.29, 0.717) is 59.9 Å². The van der Waals surface area contributed by atoms with Crippen LogP contribution in [0.5, 0.6) is 11.5 Å². The second-order valence-electron chi connectivity index (χ2n) is 8.57. The van der Waals surface area contributed by atoms with Gasteiger partial charge in [0.25, 0.3) is 5.56 Å². The Bertz CT molecular complexity index is 1790. The Kier molecular flexibility index (Phi) is 8.76. The van der Waals surface area contributed by atoms with Gasteiger partial charge in [0.05, 0.1) is 33.8 Å². The maximum Gasteiger partial charge on any atom is 0.282 e. The van der Waals surface area contributed by atoms with Crippen molar-refractivity contribution < 1.29 is 9.47 Å². The lowest BCUT2D eigenvalue weighted by Gasteiger charge is -2.16. The molecule has 6 nitrogen and oxygen atoms in total. The number of benzene rings is 4. The third-order valence-corrected chi connectivity index (χ3v) is 8.10. The predicted molar refractivity (Wildman–Crippen MR) is 166 cm³/mol. The first-order valence-corrected chi connectivity index (χ1v) is 14.1.